The zero-order valence-corrected chi connectivity index (χ0v) is 21.1. The molecule has 0 aliphatic heterocycles. The van der Waals surface area contributed by atoms with E-state index in [4.69, 9.17) is 14.2 Å². The summed E-state index contributed by atoms with van der Waals surface area (Å²) >= 11 is 0. The molecule has 11 heteroatoms. The van der Waals surface area contributed by atoms with E-state index in [9.17, 15) is 18.0 Å². The average Bonchev–Trinajstić information content (AvgIpc) is 2.86. The summed E-state index contributed by atoms with van der Waals surface area (Å²) in [6.07, 6.45) is 0. The lowest BCUT2D eigenvalue weighted by molar-refractivity contribution is -0.115. The molecule has 0 saturated heterocycles. The first kappa shape index (κ1) is 26.4. The zero-order chi connectivity index (χ0) is 26.3. The molecule has 0 radical (unpaired) electrons. The van der Waals surface area contributed by atoms with Crippen molar-refractivity contribution in [1.82, 2.24) is 0 Å². The number of sulfonamides is 1. The Morgan fingerprint density at radius 2 is 1.44 bits per heavy atom. The molecule has 3 rings (SSSR count). The maximum atomic E-state index is 13.7. The lowest BCUT2D eigenvalue weighted by Crippen LogP contribution is -2.38. The van der Waals surface area contributed by atoms with Crippen molar-refractivity contribution in [2.24, 2.45) is 0 Å². The Kier molecular flexibility index (Phi) is 8.38. The highest BCUT2D eigenvalue weighted by Gasteiger charge is 2.28. The minimum absolute atomic E-state index is 0.0866. The smallest absolute Gasteiger partial charge is 0.264 e. The molecule has 0 aromatic heterocycles. The van der Waals surface area contributed by atoms with Crippen LogP contribution in [0.5, 0.6) is 17.2 Å². The second-order valence-corrected chi connectivity index (χ2v) is 9.40. The van der Waals surface area contributed by atoms with Crippen molar-refractivity contribution in [3.8, 4) is 17.2 Å². The minimum Gasteiger partial charge on any atom is -0.497 e. The Balaban J connectivity index is 1.95. The second kappa shape index (κ2) is 11.5. The third-order valence-electron chi connectivity index (χ3n) is 5.06. The normalized spacial score (nSPS) is 10.8. The van der Waals surface area contributed by atoms with Gasteiger partial charge in [-0.3, -0.25) is 13.9 Å². The van der Waals surface area contributed by atoms with Gasteiger partial charge >= 0.3 is 0 Å². The summed E-state index contributed by atoms with van der Waals surface area (Å²) in [4.78, 5) is 24.2. The number of rotatable bonds is 10. The molecule has 0 heterocycles. The van der Waals surface area contributed by atoms with Gasteiger partial charge in [0.05, 0.1) is 31.9 Å². The molecule has 2 N–H and O–H groups in total. The Hall–Kier alpha value is -4.25. The molecule has 0 bridgehead atoms. The van der Waals surface area contributed by atoms with Crippen LogP contribution in [0.3, 0.4) is 0 Å². The Labute approximate surface area is 209 Å². The molecular formula is C25H27N3O7S. The van der Waals surface area contributed by atoms with Crippen molar-refractivity contribution in [1.29, 1.82) is 0 Å². The summed E-state index contributed by atoms with van der Waals surface area (Å²) in [6.45, 7) is 0.852. The van der Waals surface area contributed by atoms with E-state index >= 15 is 0 Å². The molecule has 36 heavy (non-hydrogen) atoms. The van der Waals surface area contributed by atoms with Gasteiger partial charge in [-0.25, -0.2) is 8.42 Å². The molecule has 0 aliphatic carbocycles. The summed E-state index contributed by atoms with van der Waals surface area (Å²) in [5, 5.41) is 5.31. The van der Waals surface area contributed by atoms with Crippen molar-refractivity contribution in [2.75, 3.05) is 42.8 Å². The van der Waals surface area contributed by atoms with Crippen molar-refractivity contribution in [3.63, 3.8) is 0 Å². The van der Waals surface area contributed by atoms with Gasteiger partial charge in [-0.1, -0.05) is 6.07 Å². The Morgan fingerprint density at radius 3 is 2.03 bits per heavy atom. The van der Waals surface area contributed by atoms with E-state index in [0.29, 0.717) is 22.9 Å². The number of nitrogens with zero attached hydrogens (tertiary/aromatic N) is 1. The maximum Gasteiger partial charge on any atom is 0.264 e. The first-order chi connectivity index (χ1) is 17.2. The highest BCUT2D eigenvalue weighted by Crippen LogP contribution is 2.32. The second-order valence-electron chi connectivity index (χ2n) is 7.54. The monoisotopic (exact) mass is 513 g/mol. The van der Waals surface area contributed by atoms with Crippen LogP contribution >= 0.6 is 0 Å². The Bertz CT molecular complexity index is 1340. The Morgan fingerprint density at radius 1 is 0.806 bits per heavy atom. The third kappa shape index (κ3) is 6.25. The van der Waals surface area contributed by atoms with Gasteiger partial charge in [-0.2, -0.15) is 0 Å². The van der Waals surface area contributed by atoms with Gasteiger partial charge in [0.15, 0.2) is 11.5 Å². The number of methoxy groups -OCH3 is 3. The summed E-state index contributed by atoms with van der Waals surface area (Å²) in [5.41, 5.74) is 1.14. The van der Waals surface area contributed by atoms with Crippen LogP contribution in [0.15, 0.2) is 71.6 Å². The number of hydrogen-bond acceptors (Lipinski definition) is 7. The highest BCUT2D eigenvalue weighted by molar-refractivity contribution is 7.92. The zero-order valence-electron chi connectivity index (χ0n) is 20.3. The van der Waals surface area contributed by atoms with Gasteiger partial charge in [-0.15, -0.1) is 0 Å². The van der Waals surface area contributed by atoms with Crippen LogP contribution < -0.4 is 29.1 Å². The summed E-state index contributed by atoms with van der Waals surface area (Å²) in [5.74, 6) is 0.276. The van der Waals surface area contributed by atoms with Crippen molar-refractivity contribution < 1.29 is 32.2 Å². The predicted octanol–water partition coefficient (Wildman–Crippen LogP) is 3.50. The molecule has 0 saturated carbocycles. The van der Waals surface area contributed by atoms with Crippen LogP contribution in [0.1, 0.15) is 6.92 Å². The summed E-state index contributed by atoms with van der Waals surface area (Å²) in [6, 6.07) is 17.0. The van der Waals surface area contributed by atoms with E-state index < -0.39 is 22.5 Å². The fourth-order valence-electron chi connectivity index (χ4n) is 3.38. The van der Waals surface area contributed by atoms with E-state index in [1.165, 1.54) is 46.5 Å². The third-order valence-corrected chi connectivity index (χ3v) is 6.83. The molecule has 10 nitrogen and oxygen atoms in total. The standard InChI is InChI=1S/C25H27N3O7S/c1-17(29)26-18-6-5-7-19(14-18)27-25(30)16-28(20-8-10-21(33-2)11-9-20)36(31,32)22-12-13-23(34-3)24(15-22)35-4/h5-15H,16H2,1-4H3,(H,26,29)(H,27,30). The molecule has 0 unspecified atom stereocenters. The van der Waals surface area contributed by atoms with E-state index in [0.717, 1.165) is 4.31 Å². The minimum atomic E-state index is -4.20. The lowest BCUT2D eigenvalue weighted by Gasteiger charge is -2.24. The summed E-state index contributed by atoms with van der Waals surface area (Å²) < 4.78 is 44.0. The molecule has 3 aromatic carbocycles. The average molecular weight is 514 g/mol. The molecule has 2 amide bonds. The van der Waals surface area contributed by atoms with E-state index in [1.807, 2.05) is 0 Å². The molecule has 0 spiro atoms. The van der Waals surface area contributed by atoms with Crippen LogP contribution in [0.4, 0.5) is 17.1 Å². The topological polar surface area (TPSA) is 123 Å². The molecule has 3 aromatic rings. The quantitative estimate of drug-likeness (QED) is 0.425. The first-order valence-corrected chi connectivity index (χ1v) is 12.2. The SMILES string of the molecule is COc1ccc(N(CC(=O)Nc2cccc(NC(C)=O)c2)S(=O)(=O)c2ccc(OC)c(OC)c2)cc1. The summed E-state index contributed by atoms with van der Waals surface area (Å²) in [7, 11) is 0.138. The van der Waals surface area contributed by atoms with Crippen LogP contribution in [0.25, 0.3) is 0 Å². The van der Waals surface area contributed by atoms with Crippen molar-refractivity contribution >= 4 is 38.9 Å². The maximum absolute atomic E-state index is 13.7. The van der Waals surface area contributed by atoms with Gasteiger partial charge in [0.2, 0.25) is 11.8 Å². The fraction of sp³-hybridized carbons (Fsp3) is 0.200. The molecule has 0 aliphatic rings. The fourth-order valence-corrected chi connectivity index (χ4v) is 4.81. The van der Waals surface area contributed by atoms with Crippen LogP contribution in [-0.4, -0.2) is 48.1 Å². The number of benzene rings is 3. The van der Waals surface area contributed by atoms with Gasteiger partial charge in [-0.05, 0) is 54.6 Å². The van der Waals surface area contributed by atoms with Crippen LogP contribution in [0, 0.1) is 0 Å². The van der Waals surface area contributed by atoms with Gasteiger partial charge in [0.25, 0.3) is 10.0 Å². The van der Waals surface area contributed by atoms with Crippen molar-refractivity contribution in [2.45, 2.75) is 11.8 Å². The van der Waals surface area contributed by atoms with Crippen molar-refractivity contribution in [3.05, 3.63) is 66.7 Å². The number of ether oxygens (including phenoxy) is 3. The lowest BCUT2D eigenvalue weighted by atomic mass is 10.2. The molecule has 190 valence electrons. The van der Waals surface area contributed by atoms with E-state index in [1.54, 1.807) is 48.5 Å². The first-order valence-electron chi connectivity index (χ1n) is 10.7. The van der Waals surface area contributed by atoms with Gasteiger partial charge in [0, 0.05) is 24.4 Å². The number of carbonyl (C=O) groups excluding carboxylic acids is 2. The van der Waals surface area contributed by atoms with Gasteiger partial charge in [0.1, 0.15) is 12.3 Å². The number of amides is 2. The highest BCUT2D eigenvalue weighted by atomic mass is 32.2. The number of hydrogen-bond donors (Lipinski definition) is 2. The molecule has 0 fully saturated rings. The number of anilines is 3. The number of carbonyl (C=O) groups is 2. The molecular weight excluding hydrogens is 486 g/mol. The molecule has 0 atom stereocenters. The van der Waals surface area contributed by atoms with Crippen LogP contribution in [-0.2, 0) is 19.6 Å². The van der Waals surface area contributed by atoms with E-state index in [2.05, 4.69) is 10.6 Å². The largest absolute Gasteiger partial charge is 0.497 e. The van der Waals surface area contributed by atoms with E-state index in [-0.39, 0.29) is 22.2 Å². The number of nitrogens with one attached hydrogen (secondary N) is 2. The van der Waals surface area contributed by atoms with Crippen LogP contribution in [0.2, 0.25) is 0 Å². The predicted molar refractivity (Wildman–Crippen MR) is 136 cm³/mol. The van der Waals surface area contributed by atoms with Gasteiger partial charge < -0.3 is 24.8 Å².